The van der Waals surface area contributed by atoms with Crippen LogP contribution in [0.1, 0.15) is 35.4 Å². The van der Waals surface area contributed by atoms with Gasteiger partial charge in [-0.2, -0.15) is 0 Å². The summed E-state index contributed by atoms with van der Waals surface area (Å²) >= 11 is 1.57. The lowest BCUT2D eigenvalue weighted by atomic mass is 9.81. The molecule has 0 amide bonds. The maximum atomic E-state index is 10.6. The van der Waals surface area contributed by atoms with E-state index in [1.54, 1.807) is 17.7 Å². The van der Waals surface area contributed by atoms with Crippen LogP contribution in [0.5, 0.6) is 0 Å². The molecule has 0 atom stereocenters. The number of aromatic nitrogens is 4. The molecular formula is C23H23N5OS. The molecule has 2 aromatic carbocycles. The van der Waals surface area contributed by atoms with Crippen molar-refractivity contribution in [2.75, 3.05) is 5.32 Å². The number of benzene rings is 2. The largest absolute Gasteiger partial charge is 0.383 e. The van der Waals surface area contributed by atoms with Crippen LogP contribution in [0.15, 0.2) is 61.1 Å². The molecule has 1 aliphatic carbocycles. The van der Waals surface area contributed by atoms with Crippen molar-refractivity contribution in [2.24, 2.45) is 0 Å². The van der Waals surface area contributed by atoms with Crippen LogP contribution in [0.2, 0.25) is 0 Å². The molecule has 1 saturated carbocycles. The number of hydrogen-bond acceptors (Lipinski definition) is 6. The van der Waals surface area contributed by atoms with Gasteiger partial charge in [-0.1, -0.05) is 36.4 Å². The van der Waals surface area contributed by atoms with E-state index in [9.17, 15) is 5.11 Å². The maximum Gasteiger partial charge on any atom is 0.246 e. The van der Waals surface area contributed by atoms with Crippen LogP contribution in [-0.2, 0) is 12.1 Å². The lowest BCUT2D eigenvalue weighted by molar-refractivity contribution is -0.0389. The van der Waals surface area contributed by atoms with Crippen molar-refractivity contribution in [3.63, 3.8) is 0 Å². The summed E-state index contributed by atoms with van der Waals surface area (Å²) in [7, 11) is 0. The number of rotatable bonds is 6. The van der Waals surface area contributed by atoms with E-state index in [0.717, 1.165) is 46.0 Å². The highest BCUT2D eigenvalue weighted by Crippen LogP contribution is 2.44. The number of anilines is 2. The van der Waals surface area contributed by atoms with Gasteiger partial charge in [-0.15, -0.1) is 16.4 Å². The molecule has 2 aromatic heterocycles. The summed E-state index contributed by atoms with van der Waals surface area (Å²) in [5.74, 6) is 0.566. The fourth-order valence-corrected chi connectivity index (χ4v) is 4.72. The zero-order valence-electron chi connectivity index (χ0n) is 16.7. The van der Waals surface area contributed by atoms with E-state index in [1.807, 2.05) is 29.1 Å². The lowest BCUT2D eigenvalue weighted by Crippen LogP contribution is -2.33. The van der Waals surface area contributed by atoms with Gasteiger partial charge in [-0.3, -0.25) is 0 Å². The van der Waals surface area contributed by atoms with Crippen molar-refractivity contribution in [1.82, 2.24) is 19.7 Å². The molecule has 0 aliphatic heterocycles. The van der Waals surface area contributed by atoms with E-state index in [2.05, 4.69) is 57.6 Å². The first-order valence-corrected chi connectivity index (χ1v) is 10.9. The highest BCUT2D eigenvalue weighted by molar-refractivity contribution is 7.15. The topological polar surface area (TPSA) is 75.9 Å². The van der Waals surface area contributed by atoms with Crippen molar-refractivity contribution < 1.29 is 5.11 Å². The third-order valence-corrected chi connectivity index (χ3v) is 6.67. The molecule has 30 heavy (non-hydrogen) atoms. The van der Waals surface area contributed by atoms with Crippen molar-refractivity contribution >= 4 is 23.0 Å². The Hall–Kier alpha value is -3.03. The Kier molecular flexibility index (Phi) is 4.84. The van der Waals surface area contributed by atoms with E-state index in [4.69, 9.17) is 0 Å². The minimum absolute atomic E-state index is 0.566. The second-order valence-corrected chi connectivity index (χ2v) is 8.91. The molecule has 2 heterocycles. The smallest absolute Gasteiger partial charge is 0.246 e. The van der Waals surface area contributed by atoms with E-state index in [1.165, 1.54) is 5.56 Å². The van der Waals surface area contributed by atoms with Gasteiger partial charge in [0.05, 0.1) is 11.4 Å². The Bertz CT molecular complexity index is 1160. The van der Waals surface area contributed by atoms with Crippen molar-refractivity contribution in [3.05, 3.63) is 77.2 Å². The summed E-state index contributed by atoms with van der Waals surface area (Å²) in [5, 5.41) is 19.2. The van der Waals surface area contributed by atoms with Crippen LogP contribution < -0.4 is 5.32 Å². The first-order valence-electron chi connectivity index (χ1n) is 10.1. The Morgan fingerprint density at radius 3 is 2.73 bits per heavy atom. The molecule has 2 N–H and O–H groups in total. The second kappa shape index (κ2) is 7.66. The summed E-state index contributed by atoms with van der Waals surface area (Å²) < 4.78 is 1.82. The Labute approximate surface area is 179 Å². The molecule has 152 valence electrons. The quantitative estimate of drug-likeness (QED) is 0.468. The maximum absolute atomic E-state index is 10.6. The first-order chi connectivity index (χ1) is 14.6. The van der Waals surface area contributed by atoms with Gasteiger partial charge in [0.25, 0.3) is 0 Å². The molecule has 1 aliphatic rings. The van der Waals surface area contributed by atoms with Crippen LogP contribution in [0.3, 0.4) is 0 Å². The van der Waals surface area contributed by atoms with Crippen LogP contribution in [0.25, 0.3) is 10.4 Å². The highest BCUT2D eigenvalue weighted by Gasteiger charge is 2.39. The van der Waals surface area contributed by atoms with Crippen LogP contribution in [0, 0.1) is 6.92 Å². The van der Waals surface area contributed by atoms with Gasteiger partial charge < -0.3 is 10.4 Å². The molecule has 0 bridgehead atoms. The van der Waals surface area contributed by atoms with E-state index < -0.39 is 5.60 Å². The molecule has 1 fully saturated rings. The number of thiazole rings is 1. The summed E-state index contributed by atoms with van der Waals surface area (Å²) in [5.41, 5.74) is 3.60. The normalized spacial score (nSPS) is 15.0. The molecular weight excluding hydrogens is 394 g/mol. The molecule has 0 radical (unpaired) electrons. The Balaban J connectivity index is 1.34. The van der Waals surface area contributed by atoms with E-state index in [-0.39, 0.29) is 0 Å². The standard InChI is InChI=1S/C23H23N5OS/c1-16-10-18(20-13-24-21(30-20)23(29)8-5-9-23)12-19(11-16)26-22-25-15-28(27-22)14-17-6-3-2-4-7-17/h2-4,6-7,10-13,15,29H,5,8-9,14H2,1H3,(H,26,27). The van der Waals surface area contributed by atoms with Crippen LogP contribution in [0.4, 0.5) is 11.6 Å². The van der Waals surface area contributed by atoms with Crippen molar-refractivity contribution in [3.8, 4) is 10.4 Å². The summed E-state index contributed by atoms with van der Waals surface area (Å²) in [4.78, 5) is 9.94. The highest BCUT2D eigenvalue weighted by atomic mass is 32.1. The molecule has 6 nitrogen and oxygen atoms in total. The molecule has 0 unspecified atom stereocenters. The average molecular weight is 418 g/mol. The molecule has 5 rings (SSSR count). The van der Waals surface area contributed by atoms with Gasteiger partial charge in [0.15, 0.2) is 0 Å². The van der Waals surface area contributed by atoms with Gasteiger partial charge in [0.2, 0.25) is 5.95 Å². The van der Waals surface area contributed by atoms with Gasteiger partial charge in [0, 0.05) is 11.9 Å². The fourth-order valence-electron chi connectivity index (χ4n) is 3.67. The van der Waals surface area contributed by atoms with Crippen molar-refractivity contribution in [1.29, 1.82) is 0 Å². The molecule has 4 aromatic rings. The average Bonchev–Trinajstić information content (AvgIpc) is 3.37. The Morgan fingerprint density at radius 1 is 1.13 bits per heavy atom. The third-order valence-electron chi connectivity index (χ3n) is 5.43. The van der Waals surface area contributed by atoms with E-state index in [0.29, 0.717) is 12.5 Å². The van der Waals surface area contributed by atoms with Crippen LogP contribution >= 0.6 is 11.3 Å². The summed E-state index contributed by atoms with van der Waals surface area (Å²) in [6.07, 6.45) is 6.27. The minimum Gasteiger partial charge on any atom is -0.383 e. The monoisotopic (exact) mass is 417 g/mol. The summed E-state index contributed by atoms with van der Waals surface area (Å²) in [6, 6.07) is 16.5. The lowest BCUT2D eigenvalue weighted by Gasteiger charge is -2.34. The number of hydrogen-bond donors (Lipinski definition) is 2. The van der Waals surface area contributed by atoms with Gasteiger partial charge in [0.1, 0.15) is 16.9 Å². The van der Waals surface area contributed by atoms with E-state index >= 15 is 0 Å². The predicted octanol–water partition coefficient (Wildman–Crippen LogP) is 4.87. The first kappa shape index (κ1) is 19.0. The molecule has 7 heteroatoms. The Morgan fingerprint density at radius 2 is 1.97 bits per heavy atom. The number of aryl methyl sites for hydroxylation is 1. The van der Waals surface area contributed by atoms with Crippen LogP contribution in [-0.4, -0.2) is 24.9 Å². The van der Waals surface area contributed by atoms with Gasteiger partial charge in [-0.25, -0.2) is 14.6 Å². The summed E-state index contributed by atoms with van der Waals surface area (Å²) in [6.45, 7) is 2.75. The number of nitrogens with one attached hydrogen (secondary N) is 1. The predicted molar refractivity (Wildman–Crippen MR) is 119 cm³/mol. The zero-order valence-corrected chi connectivity index (χ0v) is 17.6. The molecule has 0 spiro atoms. The third kappa shape index (κ3) is 3.86. The van der Waals surface area contributed by atoms with Gasteiger partial charge >= 0.3 is 0 Å². The SMILES string of the molecule is Cc1cc(Nc2ncn(Cc3ccccc3)n2)cc(-c2cnc(C3(O)CCC3)s2)c1. The minimum atomic E-state index is -0.719. The second-order valence-electron chi connectivity index (χ2n) is 7.88. The van der Waals surface area contributed by atoms with Crippen molar-refractivity contribution in [2.45, 2.75) is 38.3 Å². The van der Waals surface area contributed by atoms with Gasteiger partial charge in [-0.05, 0) is 55.0 Å². The fraction of sp³-hybridized carbons (Fsp3) is 0.261. The number of nitrogens with zero attached hydrogens (tertiary/aromatic N) is 4. The number of aliphatic hydroxyl groups is 1. The molecule has 0 saturated heterocycles. The zero-order chi connectivity index (χ0) is 20.6.